The number of anilines is 2. The lowest BCUT2D eigenvalue weighted by atomic mass is 9.98. The van der Waals surface area contributed by atoms with E-state index in [2.05, 4.69) is 29.3 Å². The van der Waals surface area contributed by atoms with Crippen molar-refractivity contribution in [1.29, 1.82) is 0 Å². The highest BCUT2D eigenvalue weighted by molar-refractivity contribution is 7.92. The molecular weight excluding hydrogens is 469 g/mol. The van der Waals surface area contributed by atoms with Gasteiger partial charge in [0.25, 0.3) is 0 Å². The summed E-state index contributed by atoms with van der Waals surface area (Å²) in [6, 6.07) is 12.5. The Morgan fingerprint density at radius 3 is 2.38 bits per heavy atom. The first-order valence-electron chi connectivity index (χ1n) is 10.6. The first-order valence-corrected chi connectivity index (χ1v) is 13.2. The van der Waals surface area contributed by atoms with E-state index in [9.17, 15) is 13.2 Å². The second-order valence-electron chi connectivity index (χ2n) is 8.39. The quantitative estimate of drug-likeness (QED) is 0.591. The van der Waals surface area contributed by atoms with Gasteiger partial charge in [0.15, 0.2) is 0 Å². The molecule has 1 aliphatic heterocycles. The molecule has 0 aromatic heterocycles. The second kappa shape index (κ2) is 10.3. The highest BCUT2D eigenvalue weighted by Crippen LogP contribution is 2.33. The van der Waals surface area contributed by atoms with E-state index in [1.54, 1.807) is 12.1 Å². The molecule has 1 aliphatic rings. The number of carbonyl (C=O) groups is 1. The molecule has 0 bridgehead atoms. The van der Waals surface area contributed by atoms with Gasteiger partial charge in [-0.05, 0) is 55.5 Å². The molecule has 3 rings (SSSR count). The Labute approximate surface area is 200 Å². The van der Waals surface area contributed by atoms with Crippen molar-refractivity contribution in [3.05, 3.63) is 58.1 Å². The van der Waals surface area contributed by atoms with Gasteiger partial charge in [0.1, 0.15) is 6.54 Å². The van der Waals surface area contributed by atoms with Crippen molar-refractivity contribution in [1.82, 2.24) is 5.32 Å². The number of hydrogen-bond acceptors (Lipinski definition) is 4. The number of carbonyl (C=O) groups excluding carboxylic acids is 1. The number of sulfonamides is 1. The molecule has 1 unspecified atom stereocenters. The van der Waals surface area contributed by atoms with Gasteiger partial charge in [-0.15, -0.1) is 0 Å². The Morgan fingerprint density at radius 1 is 1.16 bits per heavy atom. The molecule has 1 amide bonds. The molecule has 0 saturated carbocycles. The minimum atomic E-state index is -3.75. The summed E-state index contributed by atoms with van der Waals surface area (Å²) in [6.07, 6.45) is 3.42. The van der Waals surface area contributed by atoms with Crippen LogP contribution in [-0.2, 0) is 14.8 Å². The third-order valence-electron chi connectivity index (χ3n) is 5.81. The summed E-state index contributed by atoms with van der Waals surface area (Å²) in [7, 11) is -3.75. The average molecular weight is 498 g/mol. The van der Waals surface area contributed by atoms with Crippen LogP contribution in [0.3, 0.4) is 0 Å². The third-order valence-corrected chi connectivity index (χ3v) is 7.74. The summed E-state index contributed by atoms with van der Waals surface area (Å²) in [6.45, 7) is 5.87. The Balaban J connectivity index is 1.67. The van der Waals surface area contributed by atoms with Gasteiger partial charge in [-0.3, -0.25) is 9.10 Å². The topological polar surface area (TPSA) is 69.7 Å². The fraction of sp³-hybridized carbons (Fsp3) is 0.435. The number of halogens is 2. The lowest BCUT2D eigenvalue weighted by Gasteiger charge is -2.32. The van der Waals surface area contributed by atoms with E-state index >= 15 is 0 Å². The van der Waals surface area contributed by atoms with E-state index in [1.165, 1.54) is 24.6 Å². The predicted octanol–water partition coefficient (Wildman–Crippen LogP) is 4.87. The van der Waals surface area contributed by atoms with Crippen LogP contribution in [0.15, 0.2) is 42.5 Å². The maximum absolute atomic E-state index is 12.7. The van der Waals surface area contributed by atoms with Crippen LogP contribution in [0.25, 0.3) is 0 Å². The maximum atomic E-state index is 12.7. The van der Waals surface area contributed by atoms with Crippen LogP contribution >= 0.6 is 23.2 Å². The fourth-order valence-corrected chi connectivity index (χ4v) is 5.12. The second-order valence-corrected chi connectivity index (χ2v) is 11.1. The van der Waals surface area contributed by atoms with Crippen LogP contribution in [0.4, 0.5) is 11.4 Å². The summed E-state index contributed by atoms with van der Waals surface area (Å²) in [4.78, 5) is 15.1. The van der Waals surface area contributed by atoms with Crippen molar-refractivity contribution >= 4 is 50.5 Å². The highest BCUT2D eigenvalue weighted by atomic mass is 35.5. The maximum Gasteiger partial charge on any atom is 0.241 e. The van der Waals surface area contributed by atoms with Crippen LogP contribution in [0.5, 0.6) is 0 Å². The lowest BCUT2D eigenvalue weighted by molar-refractivity contribution is -0.120. The third kappa shape index (κ3) is 6.09. The number of amides is 1. The van der Waals surface area contributed by atoms with E-state index in [0.29, 0.717) is 0 Å². The molecule has 0 aliphatic carbocycles. The van der Waals surface area contributed by atoms with Gasteiger partial charge < -0.3 is 10.2 Å². The predicted molar refractivity (Wildman–Crippen MR) is 132 cm³/mol. The van der Waals surface area contributed by atoms with Gasteiger partial charge in [0.05, 0.1) is 28.0 Å². The summed E-state index contributed by atoms with van der Waals surface area (Å²) in [5.41, 5.74) is 2.29. The summed E-state index contributed by atoms with van der Waals surface area (Å²) >= 11 is 12.2. The van der Waals surface area contributed by atoms with E-state index in [1.807, 2.05) is 19.1 Å². The molecule has 0 radical (unpaired) electrons. The minimum Gasteiger partial charge on any atom is -0.372 e. The van der Waals surface area contributed by atoms with Crippen molar-refractivity contribution in [3.63, 3.8) is 0 Å². The molecule has 2 aromatic rings. The molecule has 174 valence electrons. The average Bonchev–Trinajstić information content (AvgIpc) is 2.74. The lowest BCUT2D eigenvalue weighted by Crippen LogP contribution is -2.41. The number of rotatable bonds is 7. The molecule has 32 heavy (non-hydrogen) atoms. The zero-order chi connectivity index (χ0) is 23.5. The van der Waals surface area contributed by atoms with Gasteiger partial charge in [-0.1, -0.05) is 48.3 Å². The highest BCUT2D eigenvalue weighted by Gasteiger charge is 2.25. The zero-order valence-electron chi connectivity index (χ0n) is 18.5. The van der Waals surface area contributed by atoms with Crippen molar-refractivity contribution in [2.45, 2.75) is 32.7 Å². The first kappa shape index (κ1) is 24.7. The van der Waals surface area contributed by atoms with Crippen molar-refractivity contribution in [2.24, 2.45) is 5.92 Å². The van der Waals surface area contributed by atoms with Crippen molar-refractivity contribution in [3.8, 4) is 0 Å². The van der Waals surface area contributed by atoms with Gasteiger partial charge in [0.2, 0.25) is 15.9 Å². The van der Waals surface area contributed by atoms with Crippen LogP contribution < -0.4 is 14.5 Å². The molecule has 1 fully saturated rings. The largest absolute Gasteiger partial charge is 0.372 e. The number of benzene rings is 2. The molecule has 1 saturated heterocycles. The molecule has 1 atom stereocenters. The number of nitrogens with one attached hydrogen (secondary N) is 1. The van der Waals surface area contributed by atoms with E-state index in [0.717, 1.165) is 35.1 Å². The molecule has 1 N–H and O–H groups in total. The van der Waals surface area contributed by atoms with Crippen molar-refractivity contribution < 1.29 is 13.2 Å². The Hall–Kier alpha value is -1.96. The van der Waals surface area contributed by atoms with Gasteiger partial charge in [-0.25, -0.2) is 8.42 Å². The molecule has 0 spiro atoms. The Morgan fingerprint density at radius 2 is 1.78 bits per heavy atom. The normalized spacial score (nSPS) is 16.0. The van der Waals surface area contributed by atoms with Crippen LogP contribution in [0.1, 0.15) is 38.3 Å². The van der Waals surface area contributed by atoms with E-state index < -0.39 is 22.5 Å². The molecule has 1 heterocycles. The van der Waals surface area contributed by atoms with Crippen molar-refractivity contribution in [2.75, 3.05) is 35.1 Å². The first-order chi connectivity index (χ1) is 15.1. The van der Waals surface area contributed by atoms with Gasteiger partial charge >= 0.3 is 0 Å². The molecule has 2 aromatic carbocycles. The molecule has 6 nitrogen and oxygen atoms in total. The number of nitrogens with zero attached hydrogens (tertiary/aromatic N) is 2. The summed E-state index contributed by atoms with van der Waals surface area (Å²) in [5.74, 6) is 0.335. The van der Waals surface area contributed by atoms with E-state index in [-0.39, 0.29) is 21.8 Å². The van der Waals surface area contributed by atoms with E-state index in [4.69, 9.17) is 23.2 Å². The SMILES string of the molecule is CC1CCN(c2ccc(C(C)NC(=O)CN(c3cccc(Cl)c3Cl)S(C)(=O)=O)cc2)CC1. The number of piperidine rings is 1. The van der Waals surface area contributed by atoms with Crippen LogP contribution in [-0.4, -0.2) is 40.2 Å². The zero-order valence-corrected chi connectivity index (χ0v) is 20.8. The summed E-state index contributed by atoms with van der Waals surface area (Å²) < 4.78 is 25.6. The van der Waals surface area contributed by atoms with Gasteiger partial charge in [-0.2, -0.15) is 0 Å². The van der Waals surface area contributed by atoms with Crippen LogP contribution in [0.2, 0.25) is 10.0 Å². The monoisotopic (exact) mass is 497 g/mol. The smallest absolute Gasteiger partial charge is 0.241 e. The standard InChI is InChI=1S/C23H29Cl2N3O3S/c1-16-11-13-27(14-12-16)19-9-7-18(8-10-19)17(2)26-22(29)15-28(32(3,30)31)21-6-4-5-20(24)23(21)25/h4-10,16-17H,11-15H2,1-3H3,(H,26,29). The fourth-order valence-electron chi connectivity index (χ4n) is 3.81. The Kier molecular flexibility index (Phi) is 7.96. The van der Waals surface area contributed by atoms with Crippen LogP contribution in [0, 0.1) is 5.92 Å². The number of hydrogen-bond donors (Lipinski definition) is 1. The minimum absolute atomic E-state index is 0.0862. The molecule has 9 heteroatoms. The Bertz CT molecular complexity index is 1050. The van der Waals surface area contributed by atoms with Gasteiger partial charge in [0, 0.05) is 18.8 Å². The molecular formula is C23H29Cl2N3O3S. The summed E-state index contributed by atoms with van der Waals surface area (Å²) in [5, 5.41) is 3.18.